The van der Waals surface area contributed by atoms with Gasteiger partial charge in [0.05, 0.1) is 0 Å². The van der Waals surface area contributed by atoms with Crippen LogP contribution in [0, 0.1) is 0 Å². The Bertz CT molecular complexity index is 454. The van der Waals surface area contributed by atoms with E-state index in [9.17, 15) is 0 Å². The first-order chi connectivity index (χ1) is 10.2. The molecule has 0 aliphatic heterocycles. The van der Waals surface area contributed by atoms with Gasteiger partial charge in [0.25, 0.3) is 0 Å². The van der Waals surface area contributed by atoms with Crippen LogP contribution in [-0.4, -0.2) is 0 Å². The van der Waals surface area contributed by atoms with Gasteiger partial charge in [0, 0.05) is 0 Å². The third-order valence-corrected chi connectivity index (χ3v) is 7.40. The van der Waals surface area contributed by atoms with Gasteiger partial charge < -0.3 is 0 Å². The Hall–Kier alpha value is -0.456. The van der Waals surface area contributed by atoms with Crippen molar-refractivity contribution >= 4 is 0 Å². The van der Waals surface area contributed by atoms with Crippen LogP contribution >= 0.6 is 0 Å². The third kappa shape index (κ3) is 4.27. The van der Waals surface area contributed by atoms with E-state index in [0.717, 1.165) is 0 Å². The van der Waals surface area contributed by atoms with Gasteiger partial charge in [-0.1, -0.05) is 0 Å². The molecular formula is C20H30V. The minimum atomic E-state index is 0.214. The molecule has 0 amide bonds. The molecule has 0 N–H and O–H groups in total. The van der Waals surface area contributed by atoms with Crippen LogP contribution in [0.1, 0.15) is 79.1 Å². The van der Waals surface area contributed by atoms with Crippen LogP contribution in [0.4, 0.5) is 0 Å². The first-order valence-corrected chi connectivity index (χ1v) is 10.1. The summed E-state index contributed by atoms with van der Waals surface area (Å²) in [5.41, 5.74) is 6.69. The molecule has 0 aromatic heterocycles. The van der Waals surface area contributed by atoms with E-state index in [0.29, 0.717) is 0 Å². The number of unbranched alkanes of at least 4 members (excludes halogenated alkanes) is 2. The zero-order valence-corrected chi connectivity index (χ0v) is 15.7. The fourth-order valence-corrected chi connectivity index (χ4v) is 5.48. The molecule has 0 nitrogen and oxygen atoms in total. The molecule has 2 aliphatic rings. The van der Waals surface area contributed by atoms with Crippen molar-refractivity contribution in [2.75, 3.05) is 0 Å². The third-order valence-electron chi connectivity index (χ3n) is 4.61. The van der Waals surface area contributed by atoms with Gasteiger partial charge in [0.1, 0.15) is 0 Å². The molecule has 0 aromatic rings. The molecule has 0 spiro atoms. The van der Waals surface area contributed by atoms with Crippen LogP contribution in [0.5, 0.6) is 0 Å². The summed E-state index contributed by atoms with van der Waals surface area (Å²) in [5.74, 6) is 0. The number of allylic oxidation sites excluding steroid dienone is 8. The molecule has 115 valence electrons. The Morgan fingerprint density at radius 3 is 1.62 bits per heavy atom. The maximum absolute atomic E-state index is 2.47. The Labute approximate surface area is 138 Å². The van der Waals surface area contributed by atoms with Crippen molar-refractivity contribution < 1.29 is 16.3 Å². The Balaban J connectivity index is 2.16. The van der Waals surface area contributed by atoms with Gasteiger partial charge in [0.15, 0.2) is 0 Å². The first kappa shape index (κ1) is 16.9. The second-order valence-corrected chi connectivity index (χ2v) is 8.15. The summed E-state index contributed by atoms with van der Waals surface area (Å²) >= 11 is 0.214. The Morgan fingerprint density at radius 2 is 1.24 bits per heavy atom. The average molecular weight is 321 g/mol. The molecule has 0 unspecified atom stereocenters. The van der Waals surface area contributed by atoms with Gasteiger partial charge in [-0.25, -0.2) is 0 Å². The first-order valence-electron chi connectivity index (χ1n) is 8.67. The zero-order valence-electron chi connectivity index (χ0n) is 14.3. The average Bonchev–Trinajstić information content (AvgIpc) is 3.00. The van der Waals surface area contributed by atoms with E-state index in [2.05, 4.69) is 39.8 Å². The second-order valence-electron chi connectivity index (χ2n) is 6.41. The van der Waals surface area contributed by atoms with Crippen molar-refractivity contribution in [2.24, 2.45) is 0 Å². The van der Waals surface area contributed by atoms with E-state index in [-0.39, 0.29) is 16.3 Å². The predicted octanol–water partition coefficient (Wildman–Crippen LogP) is 6.66. The summed E-state index contributed by atoms with van der Waals surface area (Å²) < 4.78 is 3.52. The molecule has 0 heterocycles. The summed E-state index contributed by atoms with van der Waals surface area (Å²) in [4.78, 5) is 0. The van der Waals surface area contributed by atoms with E-state index in [4.69, 9.17) is 0 Å². The molecule has 0 saturated carbocycles. The second kappa shape index (κ2) is 8.25. The van der Waals surface area contributed by atoms with Gasteiger partial charge in [-0.2, -0.15) is 0 Å². The van der Waals surface area contributed by atoms with Gasteiger partial charge >= 0.3 is 138 Å². The summed E-state index contributed by atoms with van der Waals surface area (Å²) in [5, 5.41) is 0. The standard InChI is InChI=1S/2C10H15.V/c2*1-3-4-5-10-7-6-9(2)8-10;/h2*6H,3-5,7H2,1-2H3;. The molecule has 2 aliphatic carbocycles. The topological polar surface area (TPSA) is 0 Å². The molecule has 21 heavy (non-hydrogen) atoms. The SMILES string of the molecule is CCCCC1=[C]([V][C]2=C(CCCC)CC=C2C)C(C)=CC1. The molecule has 0 saturated heterocycles. The normalized spacial score (nSPS) is 18.5. The number of hydrogen-bond acceptors (Lipinski definition) is 0. The van der Waals surface area contributed by atoms with Crippen molar-refractivity contribution in [2.45, 2.75) is 79.1 Å². The Morgan fingerprint density at radius 1 is 0.810 bits per heavy atom. The van der Waals surface area contributed by atoms with Crippen LogP contribution in [-0.2, 0) is 16.3 Å². The molecule has 0 aromatic carbocycles. The number of hydrogen-bond donors (Lipinski definition) is 0. The van der Waals surface area contributed by atoms with Crippen molar-refractivity contribution in [1.29, 1.82) is 0 Å². The fourth-order valence-electron chi connectivity index (χ4n) is 3.16. The van der Waals surface area contributed by atoms with E-state index in [1.807, 2.05) is 0 Å². The summed E-state index contributed by atoms with van der Waals surface area (Å²) in [6, 6.07) is 0. The van der Waals surface area contributed by atoms with E-state index in [1.54, 1.807) is 30.9 Å². The van der Waals surface area contributed by atoms with Gasteiger partial charge in [-0.3, -0.25) is 0 Å². The van der Waals surface area contributed by atoms with Crippen molar-refractivity contribution in [3.63, 3.8) is 0 Å². The molecule has 2 rings (SSSR count). The van der Waals surface area contributed by atoms with Crippen LogP contribution in [0.15, 0.2) is 43.0 Å². The van der Waals surface area contributed by atoms with Crippen LogP contribution in [0.2, 0.25) is 0 Å². The van der Waals surface area contributed by atoms with E-state index in [1.165, 1.54) is 51.4 Å². The molecule has 0 fully saturated rings. The molecule has 1 heteroatoms. The van der Waals surface area contributed by atoms with Crippen LogP contribution in [0.3, 0.4) is 0 Å². The van der Waals surface area contributed by atoms with Gasteiger partial charge in [-0.05, 0) is 0 Å². The van der Waals surface area contributed by atoms with Crippen molar-refractivity contribution in [3.8, 4) is 0 Å². The van der Waals surface area contributed by atoms with Crippen molar-refractivity contribution in [3.05, 3.63) is 43.0 Å². The maximum atomic E-state index is 2.47. The molecule has 0 bridgehead atoms. The summed E-state index contributed by atoms with van der Waals surface area (Å²) in [6.45, 7) is 9.28. The fraction of sp³-hybridized carbons (Fsp3) is 0.600. The monoisotopic (exact) mass is 321 g/mol. The van der Waals surface area contributed by atoms with Crippen LogP contribution < -0.4 is 0 Å². The van der Waals surface area contributed by atoms with Crippen LogP contribution in [0.25, 0.3) is 0 Å². The zero-order chi connectivity index (χ0) is 15.2. The molecule has 0 radical (unpaired) electrons. The van der Waals surface area contributed by atoms with Crippen molar-refractivity contribution in [1.82, 2.24) is 0 Å². The minimum absolute atomic E-state index is 0.214. The quantitative estimate of drug-likeness (QED) is 0.469. The Kier molecular flexibility index (Phi) is 6.64. The van der Waals surface area contributed by atoms with E-state index < -0.39 is 0 Å². The van der Waals surface area contributed by atoms with Gasteiger partial charge in [-0.15, -0.1) is 0 Å². The number of rotatable bonds is 8. The summed E-state index contributed by atoms with van der Waals surface area (Å²) in [6.07, 6.45) is 15.4. The van der Waals surface area contributed by atoms with Gasteiger partial charge in [0.2, 0.25) is 0 Å². The predicted molar refractivity (Wildman–Crippen MR) is 89.9 cm³/mol. The van der Waals surface area contributed by atoms with E-state index >= 15 is 0 Å². The molecule has 0 atom stereocenters. The molecular weight excluding hydrogens is 291 g/mol. The summed E-state index contributed by atoms with van der Waals surface area (Å²) in [7, 11) is 0.